The van der Waals surface area contributed by atoms with Gasteiger partial charge in [-0.3, -0.25) is 0 Å². The molecular formula is C12H9F3N2. The van der Waals surface area contributed by atoms with Crippen LogP contribution in [0.3, 0.4) is 0 Å². The van der Waals surface area contributed by atoms with Crippen molar-refractivity contribution in [2.45, 2.75) is 0 Å². The van der Waals surface area contributed by atoms with E-state index < -0.39 is 17.5 Å². The Balaban J connectivity index is 2.34. The Kier molecular flexibility index (Phi) is 2.91. The zero-order valence-corrected chi connectivity index (χ0v) is 8.68. The first kappa shape index (κ1) is 11.3. The van der Waals surface area contributed by atoms with E-state index in [1.54, 1.807) is 0 Å². The maximum Gasteiger partial charge on any atom is 0.128 e. The zero-order chi connectivity index (χ0) is 12.4. The normalized spacial score (nSPS) is 10.3. The van der Waals surface area contributed by atoms with E-state index in [1.165, 1.54) is 12.1 Å². The molecule has 0 fully saturated rings. The number of nitrogen functional groups attached to an aromatic ring is 1. The quantitative estimate of drug-likeness (QED) is 0.786. The van der Waals surface area contributed by atoms with Crippen LogP contribution in [0.15, 0.2) is 36.4 Å². The highest BCUT2D eigenvalue weighted by atomic mass is 19.1. The monoisotopic (exact) mass is 238 g/mol. The second-order valence-electron chi connectivity index (χ2n) is 3.51. The van der Waals surface area contributed by atoms with Crippen molar-refractivity contribution in [1.82, 2.24) is 0 Å². The molecule has 0 aromatic heterocycles. The lowest BCUT2D eigenvalue weighted by Gasteiger charge is -2.09. The summed E-state index contributed by atoms with van der Waals surface area (Å²) in [6.07, 6.45) is 0. The van der Waals surface area contributed by atoms with Crippen molar-refractivity contribution in [2.24, 2.45) is 0 Å². The van der Waals surface area contributed by atoms with Crippen molar-refractivity contribution in [3.8, 4) is 0 Å². The summed E-state index contributed by atoms with van der Waals surface area (Å²) in [7, 11) is 0. The lowest BCUT2D eigenvalue weighted by atomic mass is 10.2. The third kappa shape index (κ3) is 2.69. The highest BCUT2D eigenvalue weighted by Crippen LogP contribution is 2.24. The summed E-state index contributed by atoms with van der Waals surface area (Å²) in [6, 6.07) is 6.65. The van der Waals surface area contributed by atoms with E-state index in [4.69, 9.17) is 5.73 Å². The summed E-state index contributed by atoms with van der Waals surface area (Å²) < 4.78 is 38.8. The fraction of sp³-hybridized carbons (Fsp3) is 0. The largest absolute Gasteiger partial charge is 0.397 e. The Labute approximate surface area is 95.9 Å². The molecule has 5 heteroatoms. The summed E-state index contributed by atoms with van der Waals surface area (Å²) >= 11 is 0. The van der Waals surface area contributed by atoms with Gasteiger partial charge < -0.3 is 11.1 Å². The lowest BCUT2D eigenvalue weighted by Crippen LogP contribution is -1.98. The van der Waals surface area contributed by atoms with E-state index in [0.29, 0.717) is 0 Å². The van der Waals surface area contributed by atoms with Gasteiger partial charge in [0.2, 0.25) is 0 Å². The number of hydrogen-bond acceptors (Lipinski definition) is 2. The molecule has 0 aliphatic rings. The predicted octanol–water partition coefficient (Wildman–Crippen LogP) is 3.43. The van der Waals surface area contributed by atoms with Crippen LogP contribution in [0, 0.1) is 17.5 Å². The second kappa shape index (κ2) is 4.37. The van der Waals surface area contributed by atoms with E-state index in [1.807, 2.05) is 0 Å². The molecule has 17 heavy (non-hydrogen) atoms. The van der Waals surface area contributed by atoms with Gasteiger partial charge in [-0.2, -0.15) is 0 Å². The van der Waals surface area contributed by atoms with Crippen LogP contribution < -0.4 is 11.1 Å². The average Bonchev–Trinajstić information content (AvgIpc) is 2.22. The minimum atomic E-state index is -0.720. The van der Waals surface area contributed by atoms with Gasteiger partial charge in [-0.05, 0) is 30.3 Å². The summed E-state index contributed by atoms with van der Waals surface area (Å²) in [5, 5.41) is 2.65. The first-order chi connectivity index (χ1) is 8.04. The number of nitrogens with two attached hydrogens (primary N) is 1. The molecule has 2 aromatic carbocycles. The molecule has 0 bridgehead atoms. The first-order valence-electron chi connectivity index (χ1n) is 4.83. The minimum Gasteiger partial charge on any atom is -0.397 e. The molecule has 0 saturated carbocycles. The van der Waals surface area contributed by atoms with Crippen LogP contribution in [-0.4, -0.2) is 0 Å². The van der Waals surface area contributed by atoms with Crippen molar-refractivity contribution < 1.29 is 13.2 Å². The Morgan fingerprint density at radius 2 is 1.47 bits per heavy atom. The standard InChI is InChI=1S/C12H9F3N2/c13-7-1-2-11(16)12(6-7)17-10-4-8(14)3-9(15)5-10/h1-6,17H,16H2. The SMILES string of the molecule is Nc1ccc(F)cc1Nc1cc(F)cc(F)c1. The van der Waals surface area contributed by atoms with E-state index >= 15 is 0 Å². The number of rotatable bonds is 2. The smallest absolute Gasteiger partial charge is 0.128 e. The van der Waals surface area contributed by atoms with E-state index in [0.717, 1.165) is 24.3 Å². The van der Waals surface area contributed by atoms with Crippen molar-refractivity contribution in [3.05, 3.63) is 53.8 Å². The van der Waals surface area contributed by atoms with Gasteiger partial charge in [0.1, 0.15) is 17.5 Å². The zero-order valence-electron chi connectivity index (χ0n) is 8.68. The Bertz CT molecular complexity index is 535. The van der Waals surface area contributed by atoms with Gasteiger partial charge >= 0.3 is 0 Å². The Morgan fingerprint density at radius 1 is 0.824 bits per heavy atom. The van der Waals surface area contributed by atoms with Crippen LogP contribution >= 0.6 is 0 Å². The molecule has 0 aliphatic carbocycles. The van der Waals surface area contributed by atoms with Gasteiger partial charge in [-0.1, -0.05) is 0 Å². The molecule has 0 radical (unpaired) electrons. The molecule has 0 amide bonds. The van der Waals surface area contributed by atoms with Gasteiger partial charge in [-0.15, -0.1) is 0 Å². The molecule has 0 atom stereocenters. The van der Waals surface area contributed by atoms with Gasteiger partial charge in [0.15, 0.2) is 0 Å². The molecule has 2 nitrogen and oxygen atoms in total. The lowest BCUT2D eigenvalue weighted by molar-refractivity contribution is 0.584. The summed E-state index contributed by atoms with van der Waals surface area (Å²) in [5.41, 5.74) is 6.31. The Hall–Kier alpha value is -2.17. The highest BCUT2D eigenvalue weighted by molar-refractivity contribution is 5.72. The Morgan fingerprint density at radius 3 is 2.12 bits per heavy atom. The van der Waals surface area contributed by atoms with Gasteiger partial charge in [0, 0.05) is 11.8 Å². The third-order valence-electron chi connectivity index (χ3n) is 2.16. The molecule has 0 aliphatic heterocycles. The van der Waals surface area contributed by atoms with Crippen LogP contribution in [0.2, 0.25) is 0 Å². The van der Waals surface area contributed by atoms with E-state index in [-0.39, 0.29) is 17.1 Å². The maximum absolute atomic E-state index is 13.0. The second-order valence-corrected chi connectivity index (χ2v) is 3.51. The van der Waals surface area contributed by atoms with Crippen molar-refractivity contribution in [2.75, 3.05) is 11.1 Å². The number of hydrogen-bond donors (Lipinski definition) is 2. The number of nitrogens with one attached hydrogen (secondary N) is 1. The van der Waals surface area contributed by atoms with Crippen LogP contribution in [0.4, 0.5) is 30.2 Å². The molecule has 0 saturated heterocycles. The van der Waals surface area contributed by atoms with Gasteiger partial charge in [-0.25, -0.2) is 13.2 Å². The topological polar surface area (TPSA) is 38.0 Å². The van der Waals surface area contributed by atoms with Crippen LogP contribution in [-0.2, 0) is 0 Å². The molecule has 2 aromatic rings. The minimum absolute atomic E-state index is 0.166. The van der Waals surface area contributed by atoms with E-state index in [9.17, 15) is 13.2 Å². The summed E-state index contributed by atoms with van der Waals surface area (Å²) in [4.78, 5) is 0. The van der Waals surface area contributed by atoms with Crippen LogP contribution in [0.25, 0.3) is 0 Å². The predicted molar refractivity (Wildman–Crippen MR) is 60.5 cm³/mol. The maximum atomic E-state index is 13.0. The number of benzene rings is 2. The molecular weight excluding hydrogens is 229 g/mol. The molecule has 3 N–H and O–H groups in total. The highest BCUT2D eigenvalue weighted by Gasteiger charge is 2.04. The van der Waals surface area contributed by atoms with Crippen molar-refractivity contribution in [1.29, 1.82) is 0 Å². The van der Waals surface area contributed by atoms with Gasteiger partial charge in [0.05, 0.1) is 11.4 Å². The van der Waals surface area contributed by atoms with Crippen molar-refractivity contribution in [3.63, 3.8) is 0 Å². The molecule has 0 heterocycles. The molecule has 0 spiro atoms. The first-order valence-corrected chi connectivity index (χ1v) is 4.83. The fourth-order valence-corrected chi connectivity index (χ4v) is 1.42. The van der Waals surface area contributed by atoms with E-state index in [2.05, 4.69) is 5.32 Å². The molecule has 88 valence electrons. The fourth-order valence-electron chi connectivity index (χ4n) is 1.42. The number of halogens is 3. The third-order valence-corrected chi connectivity index (χ3v) is 2.16. The summed E-state index contributed by atoms with van der Waals surface area (Å²) in [6.45, 7) is 0. The number of anilines is 3. The van der Waals surface area contributed by atoms with Crippen molar-refractivity contribution >= 4 is 17.1 Å². The van der Waals surface area contributed by atoms with Crippen LogP contribution in [0.5, 0.6) is 0 Å². The molecule has 0 unspecified atom stereocenters. The van der Waals surface area contributed by atoms with Crippen LogP contribution in [0.1, 0.15) is 0 Å². The van der Waals surface area contributed by atoms with Gasteiger partial charge in [0.25, 0.3) is 0 Å². The molecule has 2 rings (SSSR count). The average molecular weight is 238 g/mol. The summed E-state index contributed by atoms with van der Waals surface area (Å²) in [5.74, 6) is -1.93.